The minimum absolute atomic E-state index is 0.175. The van der Waals surface area contributed by atoms with Crippen LogP contribution in [0.3, 0.4) is 0 Å². The fourth-order valence-corrected chi connectivity index (χ4v) is 4.53. The van der Waals surface area contributed by atoms with Gasteiger partial charge in [0.25, 0.3) is 0 Å². The standard InChI is InChI=1S/C13H18ClFN2O3S/c1-13(20-2)4-3-5-17(8-13)21(18,19)12-7-11(16)10(15)6-9(12)14/h6-7H,3-5,8,16H2,1-2H3. The van der Waals surface area contributed by atoms with Crippen LogP contribution >= 0.6 is 11.6 Å². The lowest BCUT2D eigenvalue weighted by Gasteiger charge is -2.38. The van der Waals surface area contributed by atoms with Crippen LogP contribution in [-0.2, 0) is 14.8 Å². The van der Waals surface area contributed by atoms with E-state index in [-0.39, 0.29) is 22.2 Å². The summed E-state index contributed by atoms with van der Waals surface area (Å²) in [5, 5.41) is -0.175. The molecule has 0 aliphatic carbocycles. The quantitative estimate of drug-likeness (QED) is 0.859. The topological polar surface area (TPSA) is 72.6 Å². The maximum Gasteiger partial charge on any atom is 0.244 e. The van der Waals surface area contributed by atoms with Crippen molar-refractivity contribution in [1.82, 2.24) is 4.31 Å². The van der Waals surface area contributed by atoms with Crippen molar-refractivity contribution in [2.45, 2.75) is 30.3 Å². The van der Waals surface area contributed by atoms with Gasteiger partial charge in [0.05, 0.1) is 16.3 Å². The number of anilines is 1. The molecule has 8 heteroatoms. The highest BCUT2D eigenvalue weighted by Gasteiger charge is 2.38. The van der Waals surface area contributed by atoms with Crippen LogP contribution in [0.4, 0.5) is 10.1 Å². The van der Waals surface area contributed by atoms with E-state index in [0.717, 1.165) is 18.6 Å². The largest absolute Gasteiger partial charge is 0.396 e. The molecule has 1 aromatic rings. The first kappa shape index (κ1) is 16.5. The third-order valence-corrected chi connectivity index (χ3v) is 6.10. The van der Waals surface area contributed by atoms with Gasteiger partial charge in [-0.25, -0.2) is 12.8 Å². The minimum atomic E-state index is -3.84. The zero-order chi connectivity index (χ0) is 15.8. The molecule has 1 fully saturated rings. The highest BCUT2D eigenvalue weighted by Crippen LogP contribution is 2.32. The molecule has 0 spiro atoms. The molecule has 2 N–H and O–H groups in total. The summed E-state index contributed by atoms with van der Waals surface area (Å²) >= 11 is 5.88. The molecule has 1 aliphatic rings. The van der Waals surface area contributed by atoms with Gasteiger partial charge in [0.1, 0.15) is 10.7 Å². The van der Waals surface area contributed by atoms with Crippen molar-refractivity contribution in [3.63, 3.8) is 0 Å². The Morgan fingerprint density at radius 3 is 2.76 bits per heavy atom. The van der Waals surface area contributed by atoms with Gasteiger partial charge in [-0.3, -0.25) is 0 Å². The molecule has 5 nitrogen and oxygen atoms in total. The molecule has 0 saturated carbocycles. The van der Waals surface area contributed by atoms with Crippen LogP contribution in [0.25, 0.3) is 0 Å². The van der Waals surface area contributed by atoms with Crippen LogP contribution in [0, 0.1) is 5.82 Å². The van der Waals surface area contributed by atoms with E-state index in [2.05, 4.69) is 0 Å². The normalized spacial score (nSPS) is 24.2. The second-order valence-electron chi connectivity index (χ2n) is 5.40. The average molecular weight is 337 g/mol. The molecule has 1 atom stereocenters. The summed E-state index contributed by atoms with van der Waals surface area (Å²) in [6.07, 6.45) is 1.45. The zero-order valence-electron chi connectivity index (χ0n) is 11.9. The summed E-state index contributed by atoms with van der Waals surface area (Å²) in [5.41, 5.74) is 4.67. The molecular formula is C13H18ClFN2O3S. The predicted octanol–water partition coefficient (Wildman–Crippen LogP) is 2.25. The molecule has 0 radical (unpaired) electrons. The van der Waals surface area contributed by atoms with E-state index in [1.807, 2.05) is 6.92 Å². The van der Waals surface area contributed by atoms with Gasteiger partial charge in [0.15, 0.2) is 0 Å². The Morgan fingerprint density at radius 1 is 1.48 bits per heavy atom. The summed E-state index contributed by atoms with van der Waals surface area (Å²) in [6.45, 7) is 2.45. The van der Waals surface area contributed by atoms with Gasteiger partial charge in [-0.1, -0.05) is 11.6 Å². The summed E-state index contributed by atoms with van der Waals surface area (Å²) in [6, 6.07) is 1.98. The summed E-state index contributed by atoms with van der Waals surface area (Å²) in [7, 11) is -2.28. The van der Waals surface area contributed by atoms with Gasteiger partial charge < -0.3 is 10.5 Å². The lowest BCUT2D eigenvalue weighted by atomic mass is 9.96. The van der Waals surface area contributed by atoms with Gasteiger partial charge in [0.2, 0.25) is 10.0 Å². The SMILES string of the molecule is COC1(C)CCCN(S(=O)(=O)c2cc(N)c(F)cc2Cl)C1. The fraction of sp³-hybridized carbons (Fsp3) is 0.538. The molecule has 2 rings (SSSR count). The monoisotopic (exact) mass is 336 g/mol. The molecule has 21 heavy (non-hydrogen) atoms. The second kappa shape index (κ2) is 5.72. The number of benzene rings is 1. The fourth-order valence-electron chi connectivity index (χ4n) is 2.41. The predicted molar refractivity (Wildman–Crippen MR) is 79.2 cm³/mol. The van der Waals surface area contributed by atoms with Gasteiger partial charge in [-0.2, -0.15) is 4.31 Å². The number of halogens is 2. The van der Waals surface area contributed by atoms with Crippen LogP contribution in [0.2, 0.25) is 5.02 Å². The van der Waals surface area contributed by atoms with Crippen molar-refractivity contribution >= 4 is 27.3 Å². The van der Waals surface area contributed by atoms with Crippen molar-refractivity contribution in [2.24, 2.45) is 0 Å². The van der Waals surface area contributed by atoms with Gasteiger partial charge in [-0.15, -0.1) is 0 Å². The third-order valence-electron chi connectivity index (χ3n) is 3.79. The number of sulfonamides is 1. The highest BCUT2D eigenvalue weighted by molar-refractivity contribution is 7.89. The molecule has 1 saturated heterocycles. The number of nitrogen functional groups attached to an aromatic ring is 1. The van der Waals surface area contributed by atoms with E-state index in [9.17, 15) is 12.8 Å². The average Bonchev–Trinajstić information content (AvgIpc) is 2.42. The van der Waals surface area contributed by atoms with Crippen LogP contribution < -0.4 is 5.73 Å². The molecule has 118 valence electrons. The summed E-state index contributed by atoms with van der Waals surface area (Å²) in [4.78, 5) is -0.177. The maximum atomic E-state index is 13.3. The number of nitrogens with two attached hydrogens (primary N) is 1. The Hall–Kier alpha value is -0.890. The van der Waals surface area contributed by atoms with Gasteiger partial charge in [-0.05, 0) is 31.9 Å². The lowest BCUT2D eigenvalue weighted by molar-refractivity contribution is -0.0319. The van der Waals surface area contributed by atoms with E-state index in [1.165, 1.54) is 4.31 Å². The first-order valence-corrected chi connectivity index (χ1v) is 8.31. The Labute approximate surface area is 128 Å². The first-order chi connectivity index (χ1) is 9.69. The summed E-state index contributed by atoms with van der Waals surface area (Å²) < 4.78 is 45.4. The van der Waals surface area contributed by atoms with Crippen molar-refractivity contribution in [2.75, 3.05) is 25.9 Å². The number of rotatable bonds is 3. The van der Waals surface area contributed by atoms with Crippen molar-refractivity contribution in [3.05, 3.63) is 23.0 Å². The lowest BCUT2D eigenvalue weighted by Crippen LogP contribution is -2.49. The maximum absolute atomic E-state index is 13.3. The Morgan fingerprint density at radius 2 is 2.14 bits per heavy atom. The van der Waals surface area contributed by atoms with Gasteiger partial charge in [0, 0.05) is 20.2 Å². The van der Waals surface area contributed by atoms with Crippen molar-refractivity contribution in [1.29, 1.82) is 0 Å². The van der Waals surface area contributed by atoms with Crippen LogP contribution in [-0.4, -0.2) is 38.5 Å². The number of hydrogen-bond acceptors (Lipinski definition) is 4. The Balaban J connectivity index is 2.41. The molecule has 0 amide bonds. The smallest absolute Gasteiger partial charge is 0.244 e. The van der Waals surface area contributed by atoms with Crippen LogP contribution in [0.15, 0.2) is 17.0 Å². The molecule has 0 bridgehead atoms. The van der Waals surface area contributed by atoms with Crippen LogP contribution in [0.1, 0.15) is 19.8 Å². The molecule has 1 aromatic carbocycles. The molecule has 1 heterocycles. The molecular weight excluding hydrogens is 319 g/mol. The number of hydrogen-bond donors (Lipinski definition) is 1. The van der Waals surface area contributed by atoms with E-state index in [4.69, 9.17) is 22.1 Å². The van der Waals surface area contributed by atoms with E-state index in [0.29, 0.717) is 13.0 Å². The molecule has 0 aromatic heterocycles. The molecule has 1 unspecified atom stereocenters. The van der Waals surface area contributed by atoms with Crippen LogP contribution in [0.5, 0.6) is 0 Å². The third kappa shape index (κ3) is 3.15. The number of methoxy groups -OCH3 is 1. The minimum Gasteiger partial charge on any atom is -0.396 e. The summed E-state index contributed by atoms with van der Waals surface area (Å²) in [5.74, 6) is -0.737. The Bertz CT molecular complexity index is 653. The van der Waals surface area contributed by atoms with E-state index in [1.54, 1.807) is 7.11 Å². The van der Waals surface area contributed by atoms with Crippen molar-refractivity contribution < 1.29 is 17.5 Å². The number of nitrogens with zero attached hydrogens (tertiary/aromatic N) is 1. The Kier molecular flexibility index (Phi) is 4.49. The van der Waals surface area contributed by atoms with E-state index >= 15 is 0 Å². The van der Waals surface area contributed by atoms with Gasteiger partial charge >= 0.3 is 0 Å². The van der Waals surface area contributed by atoms with Crippen molar-refractivity contribution in [3.8, 4) is 0 Å². The number of piperidine rings is 1. The second-order valence-corrected chi connectivity index (χ2v) is 7.71. The molecule has 1 aliphatic heterocycles. The highest BCUT2D eigenvalue weighted by atomic mass is 35.5. The zero-order valence-corrected chi connectivity index (χ0v) is 13.5. The number of ether oxygens (including phenoxy) is 1. The van der Waals surface area contributed by atoms with E-state index < -0.39 is 21.4 Å². The first-order valence-electron chi connectivity index (χ1n) is 6.49.